The smallest absolute Gasteiger partial charge is 0.285 e. The number of hydrogen-bond donors (Lipinski definition) is 2. The number of imidazole rings is 1. The summed E-state index contributed by atoms with van der Waals surface area (Å²) in [6.45, 7) is 0.917. The topological polar surface area (TPSA) is 105 Å². The number of nitrogens with one attached hydrogen (secondary N) is 2. The first-order chi connectivity index (χ1) is 15.4. The number of alkyl halides is 2. The Morgan fingerprint density at radius 2 is 2.03 bits per heavy atom. The highest BCUT2D eigenvalue weighted by Gasteiger charge is 2.45. The van der Waals surface area contributed by atoms with Crippen molar-refractivity contribution < 1.29 is 13.6 Å². The third-order valence-corrected chi connectivity index (χ3v) is 5.63. The number of aromatic nitrogens is 6. The number of likely N-dealkylation sites (tertiary alicyclic amines) is 1. The highest BCUT2D eigenvalue weighted by molar-refractivity contribution is 5.87. The summed E-state index contributed by atoms with van der Waals surface area (Å²) in [7, 11) is 1.70. The van der Waals surface area contributed by atoms with Crippen molar-refractivity contribution in [3.63, 3.8) is 0 Å². The maximum atomic E-state index is 14.6. The average Bonchev–Trinajstić information content (AvgIpc) is 3.40. The SMILES string of the molecule is CNc1nc(N[C@@H]2CCN(C(C)=O)CC2(F)F)nn2ccc(-c3ccc4nccn4n3)c12. The maximum Gasteiger partial charge on any atom is 0.285 e. The molecule has 0 radical (unpaired) electrons. The number of amides is 1. The first-order valence-corrected chi connectivity index (χ1v) is 10.1. The van der Waals surface area contributed by atoms with Crippen LogP contribution in [-0.2, 0) is 4.79 Å². The van der Waals surface area contributed by atoms with Crippen LogP contribution in [0.5, 0.6) is 0 Å². The van der Waals surface area contributed by atoms with Gasteiger partial charge in [-0.1, -0.05) is 0 Å². The number of piperidine rings is 1. The molecule has 0 aromatic carbocycles. The number of nitrogens with zero attached hydrogens (tertiary/aromatic N) is 7. The van der Waals surface area contributed by atoms with Crippen LogP contribution in [-0.4, -0.2) is 72.1 Å². The molecule has 0 spiro atoms. The van der Waals surface area contributed by atoms with Gasteiger partial charge in [0.25, 0.3) is 5.92 Å². The molecule has 1 fully saturated rings. The van der Waals surface area contributed by atoms with E-state index in [-0.39, 0.29) is 24.8 Å². The van der Waals surface area contributed by atoms with Crippen LogP contribution in [0.3, 0.4) is 0 Å². The normalized spacial score (nSPS) is 18.2. The van der Waals surface area contributed by atoms with Crippen molar-refractivity contribution in [2.24, 2.45) is 0 Å². The molecule has 4 aromatic heterocycles. The molecule has 0 saturated carbocycles. The van der Waals surface area contributed by atoms with Crippen LogP contribution in [0.1, 0.15) is 13.3 Å². The van der Waals surface area contributed by atoms with Crippen molar-refractivity contribution in [2.45, 2.75) is 25.3 Å². The molecule has 12 heteroatoms. The summed E-state index contributed by atoms with van der Waals surface area (Å²) >= 11 is 0. The lowest BCUT2D eigenvalue weighted by Gasteiger charge is -2.38. The molecular formula is C20H21F2N9O. The standard InChI is InChI=1S/C20H21F2N9O/c1-12(32)29-8-6-15(20(21,22)11-29)25-19-26-18(23-2)17-13(5-9-31(17)28-19)14-3-4-16-24-7-10-30(16)27-14/h3-5,7,9-10,15H,6,8,11H2,1-2H3,(H2,23,25,26,28)/t15-/m1/s1. The fourth-order valence-electron chi connectivity index (χ4n) is 3.97. The Bertz CT molecular complexity index is 1320. The van der Waals surface area contributed by atoms with E-state index in [9.17, 15) is 13.6 Å². The van der Waals surface area contributed by atoms with E-state index in [0.29, 0.717) is 17.0 Å². The first kappa shape index (κ1) is 20.1. The number of rotatable bonds is 4. The number of carbonyl (C=O) groups excluding carboxylic acids is 1. The summed E-state index contributed by atoms with van der Waals surface area (Å²) in [4.78, 5) is 21.3. The van der Waals surface area contributed by atoms with Gasteiger partial charge in [0.05, 0.1) is 18.3 Å². The van der Waals surface area contributed by atoms with E-state index in [2.05, 4.69) is 30.8 Å². The Labute approximate surface area is 181 Å². The molecule has 0 bridgehead atoms. The van der Waals surface area contributed by atoms with Crippen molar-refractivity contribution in [3.8, 4) is 11.3 Å². The number of halogens is 2. The number of carbonyl (C=O) groups is 1. The zero-order valence-corrected chi connectivity index (χ0v) is 17.5. The summed E-state index contributed by atoms with van der Waals surface area (Å²) < 4.78 is 32.5. The van der Waals surface area contributed by atoms with Crippen molar-refractivity contribution in [1.29, 1.82) is 0 Å². The minimum atomic E-state index is -3.10. The van der Waals surface area contributed by atoms with E-state index in [1.165, 1.54) is 6.92 Å². The van der Waals surface area contributed by atoms with E-state index < -0.39 is 18.5 Å². The van der Waals surface area contributed by atoms with E-state index in [0.717, 1.165) is 16.1 Å². The molecule has 1 atom stereocenters. The molecule has 1 aliphatic rings. The number of fused-ring (bicyclic) bond motifs is 2. The van der Waals surface area contributed by atoms with Gasteiger partial charge < -0.3 is 15.5 Å². The van der Waals surface area contributed by atoms with Gasteiger partial charge >= 0.3 is 0 Å². The van der Waals surface area contributed by atoms with Crippen LogP contribution in [0.15, 0.2) is 36.8 Å². The van der Waals surface area contributed by atoms with E-state index in [1.54, 1.807) is 34.7 Å². The molecule has 5 heterocycles. The maximum absolute atomic E-state index is 14.6. The third-order valence-electron chi connectivity index (χ3n) is 5.63. The zero-order chi connectivity index (χ0) is 22.5. The Balaban J connectivity index is 1.48. The second-order valence-electron chi connectivity index (χ2n) is 7.69. The first-order valence-electron chi connectivity index (χ1n) is 10.1. The fourth-order valence-corrected chi connectivity index (χ4v) is 3.97. The van der Waals surface area contributed by atoms with Crippen molar-refractivity contribution >= 4 is 28.8 Å². The molecule has 1 amide bonds. The predicted octanol–water partition coefficient (Wildman–Crippen LogP) is 2.15. The number of anilines is 2. The Morgan fingerprint density at radius 1 is 1.19 bits per heavy atom. The van der Waals surface area contributed by atoms with Gasteiger partial charge in [0.15, 0.2) is 11.5 Å². The molecular weight excluding hydrogens is 420 g/mol. The van der Waals surface area contributed by atoms with E-state index in [4.69, 9.17) is 0 Å². The zero-order valence-electron chi connectivity index (χ0n) is 17.5. The lowest BCUT2D eigenvalue weighted by Crippen LogP contribution is -2.55. The molecule has 4 aromatic rings. The highest BCUT2D eigenvalue weighted by Crippen LogP contribution is 2.32. The minimum absolute atomic E-state index is 0.0722. The Hall–Kier alpha value is -3.83. The van der Waals surface area contributed by atoms with Gasteiger partial charge in [-0.15, -0.1) is 5.10 Å². The van der Waals surface area contributed by atoms with Crippen LogP contribution in [0.4, 0.5) is 20.5 Å². The van der Waals surface area contributed by atoms with Gasteiger partial charge in [-0.3, -0.25) is 4.79 Å². The molecule has 0 aliphatic carbocycles. The van der Waals surface area contributed by atoms with Gasteiger partial charge in [0, 0.05) is 44.7 Å². The molecule has 5 rings (SSSR count). The number of hydrogen-bond acceptors (Lipinski definition) is 7. The van der Waals surface area contributed by atoms with Crippen molar-refractivity contribution in [3.05, 3.63) is 36.8 Å². The van der Waals surface area contributed by atoms with Crippen molar-refractivity contribution in [2.75, 3.05) is 30.8 Å². The van der Waals surface area contributed by atoms with E-state index >= 15 is 0 Å². The Kier molecular flexibility index (Phi) is 4.64. The summed E-state index contributed by atoms with van der Waals surface area (Å²) in [6.07, 6.45) is 5.25. The molecule has 1 saturated heterocycles. The minimum Gasteiger partial charge on any atom is -0.371 e. The highest BCUT2D eigenvalue weighted by atomic mass is 19.3. The van der Waals surface area contributed by atoms with Gasteiger partial charge in [0.2, 0.25) is 11.9 Å². The monoisotopic (exact) mass is 441 g/mol. The van der Waals surface area contributed by atoms with Gasteiger partial charge in [-0.2, -0.15) is 10.1 Å². The molecule has 166 valence electrons. The second-order valence-corrected chi connectivity index (χ2v) is 7.69. The van der Waals surface area contributed by atoms with E-state index in [1.807, 2.05) is 18.2 Å². The third kappa shape index (κ3) is 3.37. The Morgan fingerprint density at radius 3 is 2.78 bits per heavy atom. The van der Waals surface area contributed by atoms with Gasteiger partial charge in [-0.05, 0) is 24.6 Å². The van der Waals surface area contributed by atoms with Crippen LogP contribution >= 0.6 is 0 Å². The fraction of sp³-hybridized carbons (Fsp3) is 0.350. The van der Waals surface area contributed by atoms with Crippen LogP contribution < -0.4 is 10.6 Å². The summed E-state index contributed by atoms with van der Waals surface area (Å²) in [5, 5.41) is 14.7. The largest absolute Gasteiger partial charge is 0.371 e. The van der Waals surface area contributed by atoms with Crippen LogP contribution in [0.2, 0.25) is 0 Å². The summed E-state index contributed by atoms with van der Waals surface area (Å²) in [5.41, 5.74) is 2.88. The van der Waals surface area contributed by atoms with Gasteiger partial charge in [0.1, 0.15) is 5.52 Å². The lowest BCUT2D eigenvalue weighted by atomic mass is 10.0. The predicted molar refractivity (Wildman–Crippen MR) is 114 cm³/mol. The van der Waals surface area contributed by atoms with Crippen molar-refractivity contribution in [1.82, 2.24) is 34.1 Å². The average molecular weight is 441 g/mol. The summed E-state index contributed by atoms with van der Waals surface area (Å²) in [5.74, 6) is -2.92. The van der Waals surface area contributed by atoms with Crippen LogP contribution in [0, 0.1) is 0 Å². The summed E-state index contributed by atoms with van der Waals surface area (Å²) in [6, 6.07) is 4.38. The molecule has 2 N–H and O–H groups in total. The quantitative estimate of drug-likeness (QED) is 0.500. The second kappa shape index (κ2) is 7.39. The molecule has 0 unspecified atom stereocenters. The van der Waals surface area contributed by atoms with Crippen LogP contribution in [0.25, 0.3) is 22.4 Å². The lowest BCUT2D eigenvalue weighted by molar-refractivity contribution is -0.140. The molecule has 1 aliphatic heterocycles. The molecule has 10 nitrogen and oxygen atoms in total. The molecule has 32 heavy (non-hydrogen) atoms. The van der Waals surface area contributed by atoms with Gasteiger partial charge in [-0.25, -0.2) is 22.8 Å².